The molecule has 24 heavy (non-hydrogen) atoms. The molecule has 1 N–H and O–H groups in total. The molecule has 0 atom stereocenters. The summed E-state index contributed by atoms with van der Waals surface area (Å²) in [5, 5.41) is 4.23. The molecule has 3 rings (SSSR count). The van der Waals surface area contributed by atoms with Crippen LogP contribution in [0, 0.1) is 0 Å². The van der Waals surface area contributed by atoms with Gasteiger partial charge in [-0.1, -0.05) is 42.1 Å². The molecule has 0 bridgehead atoms. The Balaban J connectivity index is 1.80. The largest absolute Gasteiger partial charge is 0.353 e. The van der Waals surface area contributed by atoms with Gasteiger partial charge < -0.3 is 10.2 Å². The molecular formula is C18H19Cl2N3O. The van der Waals surface area contributed by atoms with Crippen molar-refractivity contribution < 1.29 is 4.79 Å². The molecule has 2 aromatic rings. The summed E-state index contributed by atoms with van der Waals surface area (Å²) in [5.41, 5.74) is 1.79. The number of amides is 1. The van der Waals surface area contributed by atoms with Gasteiger partial charge in [0, 0.05) is 25.0 Å². The minimum Gasteiger partial charge on any atom is -0.353 e. The Hall–Kier alpha value is -1.78. The van der Waals surface area contributed by atoms with Gasteiger partial charge in [0.1, 0.15) is 5.69 Å². The molecule has 0 spiro atoms. The summed E-state index contributed by atoms with van der Waals surface area (Å²) in [5.74, 6) is -0.0224. The van der Waals surface area contributed by atoms with Crippen LogP contribution >= 0.6 is 23.2 Å². The number of hydrogen-bond acceptors (Lipinski definition) is 3. The van der Waals surface area contributed by atoms with Crippen LogP contribution in [-0.2, 0) is 0 Å². The lowest BCUT2D eigenvalue weighted by atomic mass is 10.2. The van der Waals surface area contributed by atoms with Gasteiger partial charge in [0.2, 0.25) is 0 Å². The van der Waals surface area contributed by atoms with E-state index in [-0.39, 0.29) is 5.91 Å². The lowest BCUT2D eigenvalue weighted by Gasteiger charge is -2.20. The van der Waals surface area contributed by atoms with E-state index in [0.29, 0.717) is 21.4 Å². The summed E-state index contributed by atoms with van der Waals surface area (Å²) in [6.07, 6.45) is 6.10. The van der Waals surface area contributed by atoms with Crippen molar-refractivity contribution in [3.8, 4) is 0 Å². The number of aromatic nitrogens is 1. The summed E-state index contributed by atoms with van der Waals surface area (Å²) in [6.45, 7) is 1.60. The van der Waals surface area contributed by atoms with E-state index in [2.05, 4.69) is 10.3 Å². The highest BCUT2D eigenvalue weighted by molar-refractivity contribution is 6.39. The zero-order valence-electron chi connectivity index (χ0n) is 13.3. The molecule has 1 saturated heterocycles. The van der Waals surface area contributed by atoms with Crippen LogP contribution < -0.4 is 5.32 Å². The van der Waals surface area contributed by atoms with Crippen molar-refractivity contribution in [3.63, 3.8) is 0 Å². The van der Waals surface area contributed by atoms with Crippen LogP contribution in [0.1, 0.15) is 36.2 Å². The van der Waals surface area contributed by atoms with Crippen molar-refractivity contribution in [2.24, 2.45) is 0 Å². The molecule has 0 saturated carbocycles. The maximum Gasteiger partial charge on any atom is 0.272 e. The van der Waals surface area contributed by atoms with E-state index in [1.807, 2.05) is 4.90 Å². The number of benzene rings is 1. The smallest absolute Gasteiger partial charge is 0.272 e. The van der Waals surface area contributed by atoms with Crippen LogP contribution in [-0.4, -0.2) is 28.9 Å². The molecule has 6 heteroatoms. The molecule has 4 nitrogen and oxygen atoms in total. The maximum atomic E-state index is 12.7. The molecule has 1 amide bonds. The molecule has 126 valence electrons. The molecule has 1 aromatic heterocycles. The molecular weight excluding hydrogens is 345 g/mol. The topological polar surface area (TPSA) is 45.2 Å². The highest BCUT2D eigenvalue weighted by Gasteiger charge is 2.18. The first-order chi connectivity index (χ1) is 11.6. The average molecular weight is 364 g/mol. The molecule has 2 heterocycles. The fraction of sp³-hybridized carbons (Fsp3) is 0.333. The van der Waals surface area contributed by atoms with Crippen LogP contribution in [0.4, 0.5) is 11.4 Å². The first-order valence-electron chi connectivity index (χ1n) is 8.11. The van der Waals surface area contributed by atoms with Gasteiger partial charge in [-0.15, -0.1) is 0 Å². The van der Waals surface area contributed by atoms with Crippen molar-refractivity contribution in [3.05, 3.63) is 52.3 Å². The third kappa shape index (κ3) is 4.00. The van der Waals surface area contributed by atoms with Crippen LogP contribution in [0.25, 0.3) is 0 Å². The van der Waals surface area contributed by atoms with Crippen molar-refractivity contribution >= 4 is 40.5 Å². The Morgan fingerprint density at radius 2 is 1.71 bits per heavy atom. The third-order valence-electron chi connectivity index (χ3n) is 4.10. The van der Waals surface area contributed by atoms with Gasteiger partial charge in [-0.3, -0.25) is 9.78 Å². The first-order valence-corrected chi connectivity index (χ1v) is 8.87. The van der Waals surface area contributed by atoms with E-state index in [1.165, 1.54) is 12.8 Å². The van der Waals surface area contributed by atoms with Gasteiger partial charge in [-0.2, -0.15) is 0 Å². The van der Waals surface area contributed by atoms with Gasteiger partial charge in [0.25, 0.3) is 5.91 Å². The number of rotatable bonds is 3. The van der Waals surface area contributed by atoms with Crippen molar-refractivity contribution in [1.82, 2.24) is 9.88 Å². The molecule has 1 fully saturated rings. The fourth-order valence-electron chi connectivity index (χ4n) is 2.82. The fourth-order valence-corrected chi connectivity index (χ4v) is 3.31. The number of para-hydroxylation sites is 1. The Labute approximate surface area is 151 Å². The second kappa shape index (κ2) is 7.86. The highest BCUT2D eigenvalue weighted by Crippen LogP contribution is 2.32. The van der Waals surface area contributed by atoms with E-state index in [9.17, 15) is 4.79 Å². The van der Waals surface area contributed by atoms with Gasteiger partial charge >= 0.3 is 0 Å². The van der Waals surface area contributed by atoms with Crippen molar-refractivity contribution in [1.29, 1.82) is 0 Å². The van der Waals surface area contributed by atoms with Crippen LogP contribution in [0.2, 0.25) is 10.0 Å². The Morgan fingerprint density at radius 1 is 1.04 bits per heavy atom. The van der Waals surface area contributed by atoms with Crippen molar-refractivity contribution in [2.75, 3.05) is 18.4 Å². The van der Waals surface area contributed by atoms with Gasteiger partial charge in [-0.25, -0.2) is 0 Å². The average Bonchev–Trinajstić information content (AvgIpc) is 2.87. The number of halogens is 2. The van der Waals surface area contributed by atoms with Crippen LogP contribution in [0.5, 0.6) is 0 Å². The number of carbonyl (C=O) groups is 1. The predicted molar refractivity (Wildman–Crippen MR) is 98.4 cm³/mol. The van der Waals surface area contributed by atoms with Crippen molar-refractivity contribution in [2.45, 2.75) is 25.7 Å². The minimum atomic E-state index is -0.0224. The standard InChI is InChI=1S/C18H19Cl2N3O/c19-14-6-5-7-15(20)17(14)22-13-8-9-21-16(12-13)18(24)23-10-3-1-2-4-11-23/h5-9,12H,1-4,10-11H2,(H,21,22). The van der Waals surface area contributed by atoms with E-state index < -0.39 is 0 Å². The minimum absolute atomic E-state index is 0.0224. The normalized spacial score (nSPS) is 15.0. The zero-order valence-corrected chi connectivity index (χ0v) is 14.8. The Kier molecular flexibility index (Phi) is 5.59. The molecule has 1 aliphatic heterocycles. The number of carbonyl (C=O) groups excluding carboxylic acids is 1. The molecule has 0 aliphatic carbocycles. The van der Waals surface area contributed by atoms with Crippen LogP contribution in [0.15, 0.2) is 36.5 Å². The first kappa shape index (κ1) is 17.1. The van der Waals surface area contributed by atoms with E-state index in [4.69, 9.17) is 23.2 Å². The number of likely N-dealkylation sites (tertiary alicyclic amines) is 1. The highest BCUT2D eigenvalue weighted by atomic mass is 35.5. The lowest BCUT2D eigenvalue weighted by molar-refractivity contribution is 0.0756. The molecule has 0 radical (unpaired) electrons. The number of hydrogen-bond donors (Lipinski definition) is 1. The van der Waals surface area contributed by atoms with E-state index in [1.54, 1.807) is 36.5 Å². The monoisotopic (exact) mass is 363 g/mol. The molecule has 1 aliphatic rings. The second-order valence-corrected chi connectivity index (χ2v) is 6.67. The summed E-state index contributed by atoms with van der Waals surface area (Å²) < 4.78 is 0. The van der Waals surface area contributed by atoms with Gasteiger partial charge in [-0.05, 0) is 37.1 Å². The van der Waals surface area contributed by atoms with Crippen LogP contribution in [0.3, 0.4) is 0 Å². The SMILES string of the molecule is O=C(c1cc(Nc2c(Cl)cccc2Cl)ccn1)N1CCCCCC1. The lowest BCUT2D eigenvalue weighted by Crippen LogP contribution is -2.32. The molecule has 1 aromatic carbocycles. The second-order valence-electron chi connectivity index (χ2n) is 5.86. The summed E-state index contributed by atoms with van der Waals surface area (Å²) in [4.78, 5) is 18.8. The van der Waals surface area contributed by atoms with E-state index >= 15 is 0 Å². The number of pyridine rings is 1. The summed E-state index contributed by atoms with van der Waals surface area (Å²) in [6, 6.07) is 8.85. The molecule has 0 unspecified atom stereocenters. The van der Waals surface area contributed by atoms with Gasteiger partial charge in [0.15, 0.2) is 0 Å². The maximum absolute atomic E-state index is 12.7. The van der Waals surface area contributed by atoms with E-state index in [0.717, 1.165) is 31.6 Å². The number of anilines is 2. The third-order valence-corrected chi connectivity index (χ3v) is 4.73. The summed E-state index contributed by atoms with van der Waals surface area (Å²) in [7, 11) is 0. The summed E-state index contributed by atoms with van der Waals surface area (Å²) >= 11 is 12.4. The number of nitrogens with zero attached hydrogens (tertiary/aromatic N) is 2. The predicted octanol–water partition coefficient (Wildman–Crippen LogP) is 5.15. The zero-order chi connectivity index (χ0) is 16.9. The number of nitrogens with one attached hydrogen (secondary N) is 1. The quantitative estimate of drug-likeness (QED) is 0.819. The van der Waals surface area contributed by atoms with Gasteiger partial charge in [0.05, 0.1) is 15.7 Å². The Bertz CT molecular complexity index is 708. The Morgan fingerprint density at radius 3 is 2.38 bits per heavy atom.